The van der Waals surface area contributed by atoms with Crippen molar-refractivity contribution in [3.8, 4) is 0 Å². The summed E-state index contributed by atoms with van der Waals surface area (Å²) >= 11 is 0. The highest BCUT2D eigenvalue weighted by Crippen LogP contribution is 2.17. The van der Waals surface area contributed by atoms with Crippen molar-refractivity contribution in [3.63, 3.8) is 0 Å². The minimum atomic E-state index is 0.0376. The van der Waals surface area contributed by atoms with Gasteiger partial charge in [0.25, 0.3) is 0 Å². The highest BCUT2D eigenvalue weighted by Gasteiger charge is 2.15. The third-order valence-electron chi connectivity index (χ3n) is 2.98. The molecule has 2 rings (SSSR count). The van der Waals surface area contributed by atoms with Gasteiger partial charge in [-0.15, -0.1) is 0 Å². The van der Waals surface area contributed by atoms with Gasteiger partial charge in [0.15, 0.2) is 0 Å². The van der Waals surface area contributed by atoms with Gasteiger partial charge in [-0.05, 0) is 32.2 Å². The minimum absolute atomic E-state index is 0.0376. The summed E-state index contributed by atoms with van der Waals surface area (Å²) in [6, 6.07) is 0. The highest BCUT2D eigenvalue weighted by atomic mass is 16.5. The van der Waals surface area contributed by atoms with Crippen LogP contribution in [-0.2, 0) is 4.74 Å². The third-order valence-corrected chi connectivity index (χ3v) is 2.98. The number of rotatable bonds is 4. The SMILES string of the molecule is C[C@@H](OC[C@H]1CCCNC1)c1cnccn1. The first-order valence-electron chi connectivity index (χ1n) is 5.94. The summed E-state index contributed by atoms with van der Waals surface area (Å²) in [7, 11) is 0. The molecule has 2 heterocycles. The largest absolute Gasteiger partial charge is 0.372 e. The van der Waals surface area contributed by atoms with Crippen LogP contribution in [0.5, 0.6) is 0 Å². The summed E-state index contributed by atoms with van der Waals surface area (Å²) < 4.78 is 5.82. The number of hydrogen-bond donors (Lipinski definition) is 1. The van der Waals surface area contributed by atoms with Crippen molar-refractivity contribution >= 4 is 0 Å². The minimum Gasteiger partial charge on any atom is -0.372 e. The molecular weight excluding hydrogens is 202 g/mol. The van der Waals surface area contributed by atoms with Gasteiger partial charge in [0, 0.05) is 18.9 Å². The van der Waals surface area contributed by atoms with Gasteiger partial charge in [-0.3, -0.25) is 9.97 Å². The number of hydrogen-bond acceptors (Lipinski definition) is 4. The second kappa shape index (κ2) is 5.92. The van der Waals surface area contributed by atoms with Crippen LogP contribution in [0, 0.1) is 5.92 Å². The summed E-state index contributed by atoms with van der Waals surface area (Å²) in [6.45, 7) is 5.06. The molecule has 1 aliphatic heterocycles. The lowest BCUT2D eigenvalue weighted by Crippen LogP contribution is -2.32. The molecule has 88 valence electrons. The van der Waals surface area contributed by atoms with Gasteiger partial charge in [-0.1, -0.05) is 0 Å². The van der Waals surface area contributed by atoms with Crippen LogP contribution in [0.1, 0.15) is 31.6 Å². The van der Waals surface area contributed by atoms with Crippen molar-refractivity contribution in [1.29, 1.82) is 0 Å². The first-order valence-corrected chi connectivity index (χ1v) is 5.94. The number of aromatic nitrogens is 2. The quantitative estimate of drug-likeness (QED) is 0.838. The Morgan fingerprint density at radius 3 is 3.19 bits per heavy atom. The van der Waals surface area contributed by atoms with Crippen LogP contribution in [0.15, 0.2) is 18.6 Å². The van der Waals surface area contributed by atoms with Crippen molar-refractivity contribution in [2.24, 2.45) is 5.92 Å². The fraction of sp³-hybridized carbons (Fsp3) is 0.667. The van der Waals surface area contributed by atoms with E-state index in [0.29, 0.717) is 5.92 Å². The second-order valence-corrected chi connectivity index (χ2v) is 4.32. The number of ether oxygens (including phenoxy) is 1. The molecule has 16 heavy (non-hydrogen) atoms. The molecule has 1 N–H and O–H groups in total. The third kappa shape index (κ3) is 3.25. The van der Waals surface area contributed by atoms with E-state index in [1.54, 1.807) is 18.6 Å². The molecular formula is C12H19N3O. The Kier molecular flexibility index (Phi) is 4.25. The molecule has 1 fully saturated rings. The Balaban J connectivity index is 1.77. The fourth-order valence-corrected chi connectivity index (χ4v) is 1.95. The Bertz CT molecular complexity index is 298. The number of nitrogens with zero attached hydrogens (tertiary/aromatic N) is 2. The van der Waals surface area contributed by atoms with Crippen LogP contribution < -0.4 is 5.32 Å². The normalized spacial score (nSPS) is 22.9. The van der Waals surface area contributed by atoms with Crippen molar-refractivity contribution in [1.82, 2.24) is 15.3 Å². The van der Waals surface area contributed by atoms with E-state index in [0.717, 1.165) is 25.4 Å². The maximum absolute atomic E-state index is 5.82. The second-order valence-electron chi connectivity index (χ2n) is 4.32. The zero-order valence-corrected chi connectivity index (χ0v) is 9.72. The van der Waals surface area contributed by atoms with Gasteiger partial charge < -0.3 is 10.1 Å². The molecule has 2 atom stereocenters. The van der Waals surface area contributed by atoms with Crippen LogP contribution in [0.25, 0.3) is 0 Å². The fourth-order valence-electron chi connectivity index (χ4n) is 1.95. The van der Waals surface area contributed by atoms with Crippen LogP contribution in [-0.4, -0.2) is 29.7 Å². The molecule has 1 aromatic rings. The first kappa shape index (κ1) is 11.5. The Hall–Kier alpha value is -1.00. The van der Waals surface area contributed by atoms with Crippen molar-refractivity contribution in [3.05, 3.63) is 24.3 Å². The summed E-state index contributed by atoms with van der Waals surface area (Å²) in [5, 5.41) is 3.39. The average molecular weight is 221 g/mol. The smallest absolute Gasteiger partial charge is 0.0982 e. The zero-order chi connectivity index (χ0) is 11.2. The first-order chi connectivity index (χ1) is 7.86. The molecule has 0 radical (unpaired) electrons. The Labute approximate surface area is 96.4 Å². The molecule has 1 saturated heterocycles. The molecule has 0 saturated carbocycles. The predicted octanol–water partition coefficient (Wildman–Crippen LogP) is 1.55. The maximum Gasteiger partial charge on any atom is 0.0982 e. The molecule has 4 heteroatoms. The average Bonchev–Trinajstić information content (AvgIpc) is 2.38. The van der Waals surface area contributed by atoms with Crippen LogP contribution >= 0.6 is 0 Å². The Morgan fingerprint density at radius 1 is 1.56 bits per heavy atom. The molecule has 0 bridgehead atoms. The van der Waals surface area contributed by atoms with Crippen molar-refractivity contribution < 1.29 is 4.74 Å². The van der Waals surface area contributed by atoms with E-state index < -0.39 is 0 Å². The predicted molar refractivity (Wildman–Crippen MR) is 62.0 cm³/mol. The van der Waals surface area contributed by atoms with Gasteiger partial charge in [-0.2, -0.15) is 0 Å². The lowest BCUT2D eigenvalue weighted by atomic mass is 10.0. The lowest BCUT2D eigenvalue weighted by molar-refractivity contribution is 0.0310. The molecule has 0 amide bonds. The molecule has 0 spiro atoms. The van der Waals surface area contributed by atoms with Crippen molar-refractivity contribution in [2.75, 3.05) is 19.7 Å². The monoisotopic (exact) mass is 221 g/mol. The van der Waals surface area contributed by atoms with Crippen LogP contribution in [0.2, 0.25) is 0 Å². The van der Waals surface area contributed by atoms with E-state index in [4.69, 9.17) is 4.74 Å². The molecule has 1 aliphatic rings. The molecule has 0 aromatic carbocycles. The van der Waals surface area contributed by atoms with Gasteiger partial charge in [0.05, 0.1) is 24.6 Å². The summed E-state index contributed by atoms with van der Waals surface area (Å²) in [5.41, 5.74) is 0.909. The van der Waals surface area contributed by atoms with Crippen LogP contribution in [0.4, 0.5) is 0 Å². The molecule has 0 unspecified atom stereocenters. The Morgan fingerprint density at radius 2 is 2.50 bits per heavy atom. The zero-order valence-electron chi connectivity index (χ0n) is 9.72. The standard InChI is InChI=1S/C12H19N3O/c1-10(12-8-14-5-6-15-12)16-9-11-3-2-4-13-7-11/h5-6,8,10-11,13H,2-4,7,9H2,1H3/t10-,11+/m1/s1. The topological polar surface area (TPSA) is 47.0 Å². The lowest BCUT2D eigenvalue weighted by Gasteiger charge is -2.24. The van der Waals surface area contributed by atoms with E-state index in [2.05, 4.69) is 15.3 Å². The molecule has 0 aliphatic carbocycles. The number of nitrogens with one attached hydrogen (secondary N) is 1. The molecule has 4 nitrogen and oxygen atoms in total. The van der Waals surface area contributed by atoms with E-state index >= 15 is 0 Å². The van der Waals surface area contributed by atoms with Gasteiger partial charge in [-0.25, -0.2) is 0 Å². The van der Waals surface area contributed by atoms with Gasteiger partial charge in [0.1, 0.15) is 0 Å². The molecule has 1 aromatic heterocycles. The van der Waals surface area contributed by atoms with Gasteiger partial charge >= 0.3 is 0 Å². The maximum atomic E-state index is 5.82. The van der Waals surface area contributed by atoms with E-state index in [-0.39, 0.29) is 6.10 Å². The van der Waals surface area contributed by atoms with Crippen LogP contribution in [0.3, 0.4) is 0 Å². The summed E-state index contributed by atoms with van der Waals surface area (Å²) in [4.78, 5) is 8.28. The van der Waals surface area contributed by atoms with E-state index in [9.17, 15) is 0 Å². The highest BCUT2D eigenvalue weighted by molar-refractivity contribution is 4.97. The number of piperidine rings is 1. The summed E-state index contributed by atoms with van der Waals surface area (Å²) in [5.74, 6) is 0.646. The van der Waals surface area contributed by atoms with Gasteiger partial charge in [0.2, 0.25) is 0 Å². The van der Waals surface area contributed by atoms with E-state index in [1.165, 1.54) is 12.8 Å². The van der Waals surface area contributed by atoms with E-state index in [1.807, 2.05) is 6.92 Å². The van der Waals surface area contributed by atoms with Crippen molar-refractivity contribution in [2.45, 2.75) is 25.9 Å². The summed E-state index contributed by atoms with van der Waals surface area (Å²) in [6.07, 6.45) is 7.71.